The molecule has 1 rings (SSSR count). The summed E-state index contributed by atoms with van der Waals surface area (Å²) in [4.78, 5) is 11.4. The van der Waals surface area contributed by atoms with E-state index in [9.17, 15) is 4.79 Å². The molecule has 0 aromatic heterocycles. The Balaban J connectivity index is 2.43. The first-order valence-electron chi connectivity index (χ1n) is 5.11. The zero-order valence-corrected chi connectivity index (χ0v) is 9.45. The summed E-state index contributed by atoms with van der Waals surface area (Å²) in [5, 5.41) is 8.95. The standard InChI is InChI=1S/C11H16N4O/c1-3-13-14-8-12-11(16)15-10-7-5-4-6-9(10)2/h4-8,13H,3H2,1-2H3,(H2,12,14,15,16). The van der Waals surface area contributed by atoms with E-state index in [0.717, 1.165) is 17.8 Å². The number of amides is 2. The Morgan fingerprint density at radius 1 is 1.44 bits per heavy atom. The molecule has 0 saturated carbocycles. The van der Waals surface area contributed by atoms with Gasteiger partial charge in [-0.1, -0.05) is 18.2 Å². The SMILES string of the molecule is CCNN=CNC(=O)Nc1ccccc1C. The number of urea groups is 1. The van der Waals surface area contributed by atoms with Crippen molar-refractivity contribution in [3.63, 3.8) is 0 Å². The van der Waals surface area contributed by atoms with Crippen LogP contribution in [0.15, 0.2) is 29.4 Å². The van der Waals surface area contributed by atoms with Crippen LogP contribution in [0.5, 0.6) is 0 Å². The number of hydrogen-bond acceptors (Lipinski definition) is 3. The first kappa shape index (κ1) is 12.0. The number of carbonyl (C=O) groups is 1. The number of nitrogens with one attached hydrogen (secondary N) is 3. The number of aryl methyl sites for hydroxylation is 1. The summed E-state index contributed by atoms with van der Waals surface area (Å²) in [6.45, 7) is 4.57. The van der Waals surface area contributed by atoms with Gasteiger partial charge in [0.25, 0.3) is 0 Å². The minimum absolute atomic E-state index is 0.309. The fourth-order valence-corrected chi connectivity index (χ4v) is 1.10. The van der Waals surface area contributed by atoms with Crippen molar-refractivity contribution in [1.82, 2.24) is 10.7 Å². The first-order chi connectivity index (χ1) is 7.74. The highest BCUT2D eigenvalue weighted by molar-refractivity contribution is 5.96. The molecule has 86 valence electrons. The number of hydrogen-bond donors (Lipinski definition) is 3. The summed E-state index contributed by atoms with van der Waals surface area (Å²) in [5.41, 5.74) is 4.51. The van der Waals surface area contributed by atoms with Gasteiger partial charge >= 0.3 is 6.03 Å². The maximum Gasteiger partial charge on any atom is 0.324 e. The van der Waals surface area contributed by atoms with Crippen LogP contribution in [0.1, 0.15) is 12.5 Å². The molecule has 0 aliphatic carbocycles. The summed E-state index contributed by atoms with van der Waals surface area (Å²) in [7, 11) is 0. The third-order valence-corrected chi connectivity index (χ3v) is 1.90. The molecule has 1 aromatic rings. The van der Waals surface area contributed by atoms with Crippen molar-refractivity contribution in [3.8, 4) is 0 Å². The summed E-state index contributed by atoms with van der Waals surface area (Å²) in [5.74, 6) is 0. The van der Waals surface area contributed by atoms with Crippen LogP contribution in [-0.4, -0.2) is 18.9 Å². The normalized spacial score (nSPS) is 10.1. The molecule has 5 heteroatoms. The van der Waals surface area contributed by atoms with Crippen molar-refractivity contribution in [2.75, 3.05) is 11.9 Å². The van der Waals surface area contributed by atoms with Gasteiger partial charge in [-0.2, -0.15) is 5.10 Å². The van der Waals surface area contributed by atoms with Crippen molar-refractivity contribution in [2.24, 2.45) is 5.10 Å². The van der Waals surface area contributed by atoms with Crippen molar-refractivity contribution in [1.29, 1.82) is 0 Å². The smallest absolute Gasteiger partial charge is 0.309 e. The number of para-hydroxylation sites is 1. The second-order valence-electron chi connectivity index (χ2n) is 3.18. The third kappa shape index (κ3) is 4.00. The lowest BCUT2D eigenvalue weighted by atomic mass is 10.2. The molecule has 0 heterocycles. The fourth-order valence-electron chi connectivity index (χ4n) is 1.10. The molecule has 0 spiro atoms. The van der Waals surface area contributed by atoms with Gasteiger partial charge in [0.2, 0.25) is 0 Å². The molecule has 0 radical (unpaired) electrons. The number of benzene rings is 1. The molecule has 16 heavy (non-hydrogen) atoms. The lowest BCUT2D eigenvalue weighted by molar-refractivity contribution is 0.256. The minimum Gasteiger partial charge on any atom is -0.309 e. The predicted molar refractivity (Wildman–Crippen MR) is 65.5 cm³/mol. The van der Waals surface area contributed by atoms with Gasteiger partial charge in [0.1, 0.15) is 6.34 Å². The van der Waals surface area contributed by atoms with Crippen molar-refractivity contribution < 1.29 is 4.79 Å². The van der Waals surface area contributed by atoms with Gasteiger partial charge in [-0.3, -0.25) is 5.32 Å². The summed E-state index contributed by atoms with van der Waals surface area (Å²) >= 11 is 0. The maximum absolute atomic E-state index is 11.4. The van der Waals surface area contributed by atoms with Crippen LogP contribution in [0.2, 0.25) is 0 Å². The second-order valence-corrected chi connectivity index (χ2v) is 3.18. The second kappa shape index (κ2) is 6.44. The van der Waals surface area contributed by atoms with E-state index in [0.29, 0.717) is 0 Å². The van der Waals surface area contributed by atoms with E-state index in [4.69, 9.17) is 0 Å². The van der Waals surface area contributed by atoms with Gasteiger partial charge in [0.05, 0.1) is 0 Å². The van der Waals surface area contributed by atoms with Gasteiger partial charge in [0.15, 0.2) is 0 Å². The average molecular weight is 220 g/mol. The molecule has 0 atom stereocenters. The number of carbonyl (C=O) groups excluding carboxylic acids is 1. The average Bonchev–Trinajstić information content (AvgIpc) is 2.28. The Bertz CT molecular complexity index is 376. The Hall–Kier alpha value is -2.04. The number of hydrazone groups is 1. The molecule has 2 amide bonds. The number of anilines is 1. The Morgan fingerprint density at radius 2 is 2.19 bits per heavy atom. The third-order valence-electron chi connectivity index (χ3n) is 1.90. The van der Waals surface area contributed by atoms with Crippen molar-refractivity contribution in [3.05, 3.63) is 29.8 Å². The monoisotopic (exact) mass is 220 g/mol. The van der Waals surface area contributed by atoms with Crippen LogP contribution in [0, 0.1) is 6.92 Å². The van der Waals surface area contributed by atoms with E-state index < -0.39 is 0 Å². The summed E-state index contributed by atoms with van der Waals surface area (Å²) in [6, 6.07) is 7.26. The lowest BCUT2D eigenvalue weighted by Crippen LogP contribution is -2.28. The largest absolute Gasteiger partial charge is 0.324 e. The van der Waals surface area contributed by atoms with Gasteiger partial charge in [-0.05, 0) is 25.5 Å². The van der Waals surface area contributed by atoms with Crippen molar-refractivity contribution in [2.45, 2.75) is 13.8 Å². The highest BCUT2D eigenvalue weighted by Crippen LogP contribution is 2.12. The van der Waals surface area contributed by atoms with Crippen LogP contribution in [0.3, 0.4) is 0 Å². The minimum atomic E-state index is -0.309. The van der Waals surface area contributed by atoms with E-state index in [1.807, 2.05) is 38.1 Å². The molecule has 5 nitrogen and oxygen atoms in total. The van der Waals surface area contributed by atoms with Crippen molar-refractivity contribution >= 4 is 18.1 Å². The first-order valence-corrected chi connectivity index (χ1v) is 5.11. The van der Waals surface area contributed by atoms with Crippen LogP contribution >= 0.6 is 0 Å². The van der Waals surface area contributed by atoms with Gasteiger partial charge in [-0.15, -0.1) is 0 Å². The molecule has 0 aliphatic heterocycles. The molecule has 0 fully saturated rings. The van der Waals surface area contributed by atoms with E-state index >= 15 is 0 Å². The molecule has 0 bridgehead atoms. The van der Waals surface area contributed by atoms with Gasteiger partial charge in [0, 0.05) is 12.2 Å². The fraction of sp³-hybridized carbons (Fsp3) is 0.273. The Kier molecular flexibility index (Phi) is 4.85. The van der Waals surface area contributed by atoms with E-state index in [1.165, 1.54) is 6.34 Å². The zero-order valence-electron chi connectivity index (χ0n) is 9.45. The Morgan fingerprint density at radius 3 is 2.88 bits per heavy atom. The van der Waals surface area contributed by atoms with Crippen LogP contribution in [0.25, 0.3) is 0 Å². The summed E-state index contributed by atoms with van der Waals surface area (Å²) < 4.78 is 0. The van der Waals surface area contributed by atoms with E-state index in [1.54, 1.807) is 0 Å². The van der Waals surface area contributed by atoms with E-state index in [2.05, 4.69) is 21.2 Å². The Labute approximate surface area is 94.9 Å². The maximum atomic E-state index is 11.4. The predicted octanol–water partition coefficient (Wildman–Crippen LogP) is 1.67. The van der Waals surface area contributed by atoms with Gasteiger partial charge in [-0.25, -0.2) is 4.79 Å². The molecule has 0 aliphatic rings. The lowest BCUT2D eigenvalue weighted by Gasteiger charge is -2.06. The quantitative estimate of drug-likeness (QED) is 0.410. The highest BCUT2D eigenvalue weighted by atomic mass is 16.2. The molecular formula is C11H16N4O. The number of rotatable bonds is 4. The topological polar surface area (TPSA) is 65.5 Å². The van der Waals surface area contributed by atoms with Crippen LogP contribution in [0.4, 0.5) is 10.5 Å². The van der Waals surface area contributed by atoms with Crippen LogP contribution < -0.4 is 16.1 Å². The molecule has 0 unspecified atom stereocenters. The van der Waals surface area contributed by atoms with Gasteiger partial charge < -0.3 is 10.7 Å². The zero-order chi connectivity index (χ0) is 11.8. The number of nitrogens with zero attached hydrogens (tertiary/aromatic N) is 1. The highest BCUT2D eigenvalue weighted by Gasteiger charge is 2.00. The summed E-state index contributed by atoms with van der Waals surface area (Å²) in [6.07, 6.45) is 1.32. The molecular weight excluding hydrogens is 204 g/mol. The molecule has 3 N–H and O–H groups in total. The van der Waals surface area contributed by atoms with E-state index in [-0.39, 0.29) is 6.03 Å². The molecule has 1 aromatic carbocycles. The van der Waals surface area contributed by atoms with Crippen LogP contribution in [-0.2, 0) is 0 Å². The molecule has 0 saturated heterocycles.